The molecule has 4 amide bonds. The number of para-hydroxylation sites is 2. The monoisotopic (exact) mass is 786 g/mol. The van der Waals surface area contributed by atoms with Crippen molar-refractivity contribution >= 4 is 63.8 Å². The molecule has 2 saturated heterocycles. The number of phenolic OH excluding ortho intramolecular Hbond substituents is 1. The number of phenols is 1. The number of nitrogens with one attached hydrogen (secondary N) is 2. The van der Waals surface area contributed by atoms with Crippen molar-refractivity contribution in [2.45, 2.75) is 12.8 Å². The second-order valence-electron chi connectivity index (χ2n) is 15.3. The highest BCUT2D eigenvalue weighted by Gasteiger charge is 2.61. The van der Waals surface area contributed by atoms with Gasteiger partial charge in [-0.3, -0.25) is 29.0 Å². The van der Waals surface area contributed by atoms with Crippen LogP contribution in [-0.2, 0) is 19.2 Å². The van der Waals surface area contributed by atoms with E-state index in [2.05, 4.69) is 10.6 Å². The summed E-state index contributed by atoms with van der Waals surface area (Å²) in [5, 5.41) is 17.2. The van der Waals surface area contributed by atoms with Crippen LogP contribution in [-0.4, -0.2) is 43.0 Å². The number of aromatic hydroxyl groups is 1. The zero-order valence-corrected chi connectivity index (χ0v) is 32.4. The molecule has 2 aliphatic carbocycles. The standard InChI is InChI=1S/C48H42N4O7/c1-58-40-25-28(26-41(59-2)44(40)53)13-22-36-35-23-24-37-43(48(57)51(45(37)54)33-18-14-31(15-19-33)49-29-9-5-3-6-10-29)38(35)27-39-42(36)47(56)52(46(39)55)34-20-16-32(17-21-34)50-30-11-7-4-8-12-30/h3-23,25-26,36-39,42-43,49-50,53H,24,27H2,1-2H3/t36-,37-,38+,39+,42-,43-/m0/s1. The molecule has 5 aromatic carbocycles. The maximum Gasteiger partial charge on any atom is 0.238 e. The Bertz CT molecular complexity index is 2480. The summed E-state index contributed by atoms with van der Waals surface area (Å²) in [6.45, 7) is 0. The van der Waals surface area contributed by atoms with Gasteiger partial charge in [0.05, 0.1) is 49.3 Å². The Balaban J connectivity index is 1.04. The van der Waals surface area contributed by atoms with Gasteiger partial charge >= 0.3 is 0 Å². The molecule has 2 heterocycles. The summed E-state index contributed by atoms with van der Waals surface area (Å²) in [7, 11) is 2.89. The van der Waals surface area contributed by atoms with Crippen LogP contribution in [0.15, 0.2) is 139 Å². The third kappa shape index (κ3) is 6.68. The number of ether oxygens (including phenoxy) is 2. The molecule has 1 saturated carbocycles. The Hall–Kier alpha value is -7.14. The molecule has 59 heavy (non-hydrogen) atoms. The molecule has 2 aliphatic heterocycles. The lowest BCUT2D eigenvalue weighted by Crippen LogP contribution is -2.43. The summed E-state index contributed by atoms with van der Waals surface area (Å²) in [5.74, 6) is -4.72. The predicted molar refractivity (Wildman–Crippen MR) is 226 cm³/mol. The van der Waals surface area contributed by atoms with Gasteiger partial charge in [-0.15, -0.1) is 0 Å². The van der Waals surface area contributed by atoms with Crippen molar-refractivity contribution in [1.29, 1.82) is 0 Å². The van der Waals surface area contributed by atoms with Crippen LogP contribution in [0.2, 0.25) is 0 Å². The highest BCUT2D eigenvalue weighted by Crippen LogP contribution is 2.56. The number of allylic oxidation sites excluding steroid dienone is 3. The smallest absolute Gasteiger partial charge is 0.238 e. The lowest BCUT2D eigenvalue weighted by atomic mass is 9.58. The molecule has 9 rings (SSSR count). The summed E-state index contributed by atoms with van der Waals surface area (Å²) in [6.07, 6.45) is 6.33. The zero-order valence-electron chi connectivity index (χ0n) is 32.4. The van der Waals surface area contributed by atoms with E-state index in [4.69, 9.17) is 9.47 Å². The number of imide groups is 2. The van der Waals surface area contributed by atoms with Gasteiger partial charge in [0.15, 0.2) is 11.5 Å². The zero-order chi connectivity index (χ0) is 40.8. The first-order valence-electron chi connectivity index (χ1n) is 19.7. The van der Waals surface area contributed by atoms with E-state index < -0.39 is 35.5 Å². The summed E-state index contributed by atoms with van der Waals surface area (Å²) in [6, 6.07) is 37.2. The Labute approximate surface area is 341 Å². The summed E-state index contributed by atoms with van der Waals surface area (Å²) in [5.41, 5.74) is 5.89. The second-order valence-corrected chi connectivity index (χ2v) is 15.3. The van der Waals surface area contributed by atoms with E-state index in [0.29, 0.717) is 23.4 Å². The molecule has 5 aromatic rings. The minimum atomic E-state index is -0.742. The first-order chi connectivity index (χ1) is 28.7. The lowest BCUT2D eigenvalue weighted by molar-refractivity contribution is -0.126. The minimum absolute atomic E-state index is 0.140. The van der Waals surface area contributed by atoms with Gasteiger partial charge < -0.3 is 25.2 Å². The average molecular weight is 787 g/mol. The molecule has 0 radical (unpaired) electrons. The molecular formula is C48H42N4O7. The maximum atomic E-state index is 14.6. The normalized spacial score (nSPS) is 23.5. The van der Waals surface area contributed by atoms with E-state index in [1.54, 1.807) is 36.4 Å². The maximum absolute atomic E-state index is 14.6. The van der Waals surface area contributed by atoms with Gasteiger partial charge in [0.1, 0.15) is 0 Å². The van der Waals surface area contributed by atoms with Gasteiger partial charge in [0, 0.05) is 28.7 Å². The van der Waals surface area contributed by atoms with Crippen molar-refractivity contribution in [3.05, 3.63) is 145 Å². The SMILES string of the molecule is COc1cc(C=C[C@H]2C3=CC[C@@H]4C(=O)N(c5ccc(Nc6ccccc6)cc5)C(=O)[C@@H]4[C@@H]3C[C@H]3C(=O)N(c4ccc(Nc5ccccc5)cc4)C(=O)[C@@H]23)cc(OC)c1O. The molecule has 3 fully saturated rings. The summed E-state index contributed by atoms with van der Waals surface area (Å²) < 4.78 is 10.8. The highest BCUT2D eigenvalue weighted by molar-refractivity contribution is 6.24. The number of carbonyl (C=O) groups excluding carboxylic acids is 4. The molecule has 0 bridgehead atoms. The van der Waals surface area contributed by atoms with Crippen molar-refractivity contribution in [1.82, 2.24) is 0 Å². The fraction of sp³-hybridized carbons (Fsp3) is 0.208. The molecule has 6 atom stereocenters. The molecular weight excluding hydrogens is 745 g/mol. The van der Waals surface area contributed by atoms with Crippen molar-refractivity contribution in [2.75, 3.05) is 34.7 Å². The highest BCUT2D eigenvalue weighted by atomic mass is 16.5. The van der Waals surface area contributed by atoms with E-state index in [9.17, 15) is 24.3 Å². The number of rotatable bonds is 10. The van der Waals surface area contributed by atoms with Crippen LogP contribution in [0, 0.1) is 35.5 Å². The fourth-order valence-corrected chi connectivity index (χ4v) is 9.35. The first-order valence-corrected chi connectivity index (χ1v) is 19.7. The first kappa shape index (κ1) is 37.4. The van der Waals surface area contributed by atoms with Gasteiger partial charge in [-0.05, 0) is 109 Å². The molecule has 3 N–H and O–H groups in total. The van der Waals surface area contributed by atoms with E-state index in [-0.39, 0.29) is 47.3 Å². The number of nitrogens with zero attached hydrogens (tertiary/aromatic N) is 2. The van der Waals surface area contributed by atoms with E-state index in [1.807, 2.05) is 103 Å². The van der Waals surface area contributed by atoms with Gasteiger partial charge in [-0.2, -0.15) is 0 Å². The Morgan fingerprint density at radius 2 is 1.07 bits per heavy atom. The predicted octanol–water partition coefficient (Wildman–Crippen LogP) is 8.49. The summed E-state index contributed by atoms with van der Waals surface area (Å²) >= 11 is 0. The third-order valence-corrected chi connectivity index (χ3v) is 12.1. The topological polar surface area (TPSA) is 138 Å². The second kappa shape index (κ2) is 15.3. The van der Waals surface area contributed by atoms with Crippen molar-refractivity contribution < 1.29 is 33.8 Å². The number of hydrogen-bond acceptors (Lipinski definition) is 9. The van der Waals surface area contributed by atoms with Crippen LogP contribution >= 0.6 is 0 Å². The molecule has 296 valence electrons. The van der Waals surface area contributed by atoms with Crippen LogP contribution in [0.5, 0.6) is 17.2 Å². The summed E-state index contributed by atoms with van der Waals surface area (Å²) in [4.78, 5) is 60.4. The van der Waals surface area contributed by atoms with E-state index >= 15 is 0 Å². The number of benzene rings is 5. The molecule has 11 nitrogen and oxygen atoms in total. The van der Waals surface area contributed by atoms with Gasteiger partial charge in [-0.1, -0.05) is 60.2 Å². The van der Waals surface area contributed by atoms with Gasteiger partial charge in [0.25, 0.3) is 0 Å². The number of carbonyl (C=O) groups is 4. The van der Waals surface area contributed by atoms with Crippen LogP contribution in [0.4, 0.5) is 34.1 Å². The Morgan fingerprint density at radius 1 is 0.593 bits per heavy atom. The lowest BCUT2D eigenvalue weighted by Gasteiger charge is -2.42. The van der Waals surface area contributed by atoms with E-state index in [1.165, 1.54) is 24.0 Å². The fourth-order valence-electron chi connectivity index (χ4n) is 9.35. The molecule has 0 unspecified atom stereocenters. The van der Waals surface area contributed by atoms with E-state index in [0.717, 1.165) is 28.3 Å². The van der Waals surface area contributed by atoms with Gasteiger partial charge in [-0.25, -0.2) is 0 Å². The Morgan fingerprint density at radius 3 is 1.58 bits per heavy atom. The number of fused-ring (bicyclic) bond motifs is 4. The minimum Gasteiger partial charge on any atom is -0.502 e. The number of amides is 4. The number of methoxy groups -OCH3 is 2. The number of hydrogen-bond donors (Lipinski definition) is 3. The largest absolute Gasteiger partial charge is 0.502 e. The average Bonchev–Trinajstić information content (AvgIpc) is 3.67. The molecule has 0 spiro atoms. The van der Waals surface area contributed by atoms with Gasteiger partial charge in [0.2, 0.25) is 29.4 Å². The van der Waals surface area contributed by atoms with Crippen LogP contribution < -0.4 is 29.9 Å². The molecule has 0 aromatic heterocycles. The quantitative estimate of drug-likeness (QED) is 0.0941. The number of anilines is 6. The van der Waals surface area contributed by atoms with Crippen LogP contribution in [0.25, 0.3) is 6.08 Å². The molecule has 4 aliphatic rings. The van der Waals surface area contributed by atoms with Crippen LogP contribution in [0.3, 0.4) is 0 Å². The van der Waals surface area contributed by atoms with Crippen LogP contribution in [0.1, 0.15) is 18.4 Å². The molecule has 11 heteroatoms. The Kier molecular flexibility index (Phi) is 9.72. The third-order valence-electron chi connectivity index (χ3n) is 12.1. The van der Waals surface area contributed by atoms with Crippen molar-refractivity contribution in [3.8, 4) is 17.2 Å². The van der Waals surface area contributed by atoms with Crippen molar-refractivity contribution in [2.24, 2.45) is 35.5 Å². The van der Waals surface area contributed by atoms with Crippen molar-refractivity contribution in [3.63, 3.8) is 0 Å².